The summed E-state index contributed by atoms with van der Waals surface area (Å²) in [6.07, 6.45) is 6.74. The molecule has 0 radical (unpaired) electrons. The van der Waals surface area contributed by atoms with Crippen LogP contribution in [0.15, 0.2) is 273 Å². The van der Waals surface area contributed by atoms with Gasteiger partial charge in [-0.2, -0.15) is 4.57 Å². The van der Waals surface area contributed by atoms with E-state index in [1.165, 1.54) is 139 Å². The topological polar surface area (TPSA) is 11.6 Å². The monoisotopic (exact) mass is 1230 g/mol. The number of fused-ring (bicyclic) bond motifs is 3. The van der Waals surface area contributed by atoms with E-state index in [0.29, 0.717) is 0 Å². The van der Waals surface area contributed by atoms with Crippen molar-refractivity contribution in [2.24, 2.45) is 14.1 Å². The summed E-state index contributed by atoms with van der Waals surface area (Å²) in [5.74, 6) is 0. The summed E-state index contributed by atoms with van der Waals surface area (Å²) in [6.45, 7) is 26.1. The highest BCUT2D eigenvalue weighted by Crippen LogP contribution is 2.49. The fraction of sp³-hybridized carbons (Fsp3) is 0.185. The molecule has 0 saturated carbocycles. The maximum atomic E-state index is 2.50. The minimum Gasteiger partial charge on any atom is -0.201 e. The molecule has 466 valence electrons. The quantitative estimate of drug-likeness (QED) is 0.114. The predicted molar refractivity (Wildman–Crippen MR) is 399 cm³/mol. The lowest BCUT2D eigenvalue weighted by molar-refractivity contribution is -0.672. The Morgan fingerprint density at radius 3 is 0.905 bits per heavy atom. The van der Waals surface area contributed by atoms with Crippen molar-refractivity contribution < 1.29 is 13.7 Å². The highest BCUT2D eigenvalue weighted by atomic mass is 15.0. The molecule has 1 aliphatic rings. The van der Waals surface area contributed by atoms with Crippen molar-refractivity contribution in [3.63, 3.8) is 0 Å². The second-order valence-electron chi connectivity index (χ2n) is 29.5. The van der Waals surface area contributed by atoms with Gasteiger partial charge in [0.1, 0.15) is 14.1 Å². The summed E-state index contributed by atoms with van der Waals surface area (Å²) in [7, 11) is 4.35. The summed E-state index contributed by atoms with van der Waals surface area (Å²) < 4.78 is 6.98. The molecule has 3 heteroatoms. The summed E-state index contributed by atoms with van der Waals surface area (Å²) in [5, 5.41) is 0. The zero-order valence-electron chi connectivity index (χ0n) is 57.5. The molecule has 95 heavy (non-hydrogen) atoms. The van der Waals surface area contributed by atoms with Gasteiger partial charge >= 0.3 is 0 Å². The van der Waals surface area contributed by atoms with Gasteiger partial charge < -0.3 is 0 Å². The Labute approximate surface area is 564 Å². The van der Waals surface area contributed by atoms with Gasteiger partial charge in [0.2, 0.25) is 17.1 Å². The molecule has 4 heterocycles. The lowest BCUT2D eigenvalue weighted by atomic mass is 9.82. The van der Waals surface area contributed by atoms with Crippen LogP contribution in [0.4, 0.5) is 0 Å². The normalized spacial score (nSPS) is 12.2. The Balaban J connectivity index is 1.02. The van der Waals surface area contributed by atoms with Crippen LogP contribution in [0.25, 0.3) is 134 Å². The lowest BCUT2D eigenvalue weighted by Crippen LogP contribution is -2.32. The van der Waals surface area contributed by atoms with Crippen LogP contribution in [0.5, 0.6) is 0 Å². The molecule has 10 aromatic carbocycles. The van der Waals surface area contributed by atoms with Crippen LogP contribution in [-0.4, -0.2) is 0 Å². The Morgan fingerprint density at radius 2 is 0.547 bits per heavy atom. The van der Waals surface area contributed by atoms with Gasteiger partial charge in [-0.3, -0.25) is 0 Å². The van der Waals surface area contributed by atoms with Crippen LogP contribution >= 0.6 is 0 Å². The van der Waals surface area contributed by atoms with Crippen LogP contribution in [0.2, 0.25) is 0 Å². The molecule has 3 nitrogen and oxygen atoms in total. The van der Waals surface area contributed by atoms with Crippen molar-refractivity contribution in [2.45, 2.75) is 99.0 Å². The largest absolute Gasteiger partial charge is 0.213 e. The smallest absolute Gasteiger partial charge is 0.201 e. The third kappa shape index (κ3) is 12.0. The molecule has 13 aromatic rings. The Bertz CT molecular complexity index is 4890. The highest BCUT2D eigenvalue weighted by Gasteiger charge is 2.32. The first-order chi connectivity index (χ1) is 45.6. The van der Waals surface area contributed by atoms with E-state index in [4.69, 9.17) is 0 Å². The molecule has 0 unspecified atom stereocenters. The van der Waals surface area contributed by atoms with E-state index in [1.54, 1.807) is 0 Å². The van der Waals surface area contributed by atoms with Gasteiger partial charge in [-0.15, -0.1) is 0 Å². The number of rotatable bonds is 11. The molecular formula is C92H86N3+3. The summed E-state index contributed by atoms with van der Waals surface area (Å²) in [5.41, 5.74) is 36.4. The molecule has 0 fully saturated rings. The first-order valence-corrected chi connectivity index (χ1v) is 33.8. The van der Waals surface area contributed by atoms with E-state index in [1.807, 2.05) is 0 Å². The number of hydrogen-bond acceptors (Lipinski definition) is 0. The van der Waals surface area contributed by atoms with E-state index in [-0.39, 0.29) is 16.2 Å². The summed E-state index contributed by atoms with van der Waals surface area (Å²) in [6, 6.07) is 96.7. The van der Waals surface area contributed by atoms with E-state index < -0.39 is 0 Å². The molecule has 0 bridgehead atoms. The van der Waals surface area contributed by atoms with E-state index in [2.05, 4.69) is 377 Å². The zero-order valence-corrected chi connectivity index (χ0v) is 57.5. The molecule has 0 amide bonds. The maximum Gasteiger partial charge on any atom is 0.213 e. The maximum absolute atomic E-state index is 2.50. The average molecular weight is 1230 g/mol. The van der Waals surface area contributed by atoms with Crippen LogP contribution in [0.1, 0.15) is 95.7 Å². The van der Waals surface area contributed by atoms with Crippen molar-refractivity contribution in [2.75, 3.05) is 0 Å². The number of aryl methyl sites for hydroxylation is 4. The van der Waals surface area contributed by atoms with Gasteiger partial charge in [0, 0.05) is 53.1 Å². The predicted octanol–water partition coefficient (Wildman–Crippen LogP) is 22.5. The minimum absolute atomic E-state index is 0.00833. The molecule has 3 aromatic heterocycles. The second-order valence-corrected chi connectivity index (χ2v) is 29.5. The average Bonchev–Trinajstić information content (AvgIpc) is 1.74. The molecule has 0 N–H and O–H groups in total. The van der Waals surface area contributed by atoms with Gasteiger partial charge in [-0.1, -0.05) is 226 Å². The van der Waals surface area contributed by atoms with Crippen molar-refractivity contribution in [3.05, 3.63) is 307 Å². The summed E-state index contributed by atoms with van der Waals surface area (Å²) >= 11 is 0. The number of pyridine rings is 3. The van der Waals surface area contributed by atoms with E-state index in [9.17, 15) is 0 Å². The lowest BCUT2D eigenvalue weighted by Gasteiger charge is -2.22. The molecule has 0 atom stereocenters. The van der Waals surface area contributed by atoms with Gasteiger partial charge in [-0.25, -0.2) is 9.13 Å². The SMILES string of the molecule is Cc1cc(-c2ccccc2-c2cc(-c3ccccc3-c3cc(C)c(-c4cc(C(C)(C)C)cc[n+]4C)cc3-c3ccccc3)cc(-c3ccccc3-c3cc4c(cc3-c3ccccc3)-c3cc(C(C)(C)C)cc[n+]3C4)c2)c(-c2ccccc2)cc1-c1cc(C(C)(C)C)cc[n+]1C. The molecule has 0 spiro atoms. The Kier molecular flexibility index (Phi) is 16.0. The standard InChI is InChI=1S/C92H86N3/c1-60-47-84(80(62-29-17-14-18-30-62)56-78(60)87-53-69(90(3,4)5)41-44-93(87)12)75-38-26-23-35-72(75)65-49-66(73-36-24-27-39-76(73)85-48-61(2)79(57-81(85)63-31-19-15-20-32-63)88-54-70(91(6,7)8)42-45-94(88)13)51-67(50-65)74-37-25-28-40-77(74)86-52-68-59-95-46-43-71(92(9,10)11)55-89(95)83(68)58-82(86)64-33-21-16-22-34-64/h14-58H,59H2,1-13H3/q+3. The third-order valence-electron chi connectivity index (χ3n) is 19.8. The number of benzene rings is 10. The van der Waals surface area contributed by atoms with Gasteiger partial charge in [-0.05, 0) is 213 Å². The number of hydrogen-bond donors (Lipinski definition) is 0. The van der Waals surface area contributed by atoms with Gasteiger partial charge in [0.05, 0.1) is 5.56 Å². The first kappa shape index (κ1) is 62.1. The fourth-order valence-electron chi connectivity index (χ4n) is 14.4. The van der Waals surface area contributed by atoms with E-state index in [0.717, 1.165) is 34.4 Å². The third-order valence-corrected chi connectivity index (χ3v) is 19.8. The molecule has 14 rings (SSSR count). The minimum atomic E-state index is -0.00833. The van der Waals surface area contributed by atoms with Crippen molar-refractivity contribution in [3.8, 4) is 134 Å². The Morgan fingerprint density at radius 1 is 0.242 bits per heavy atom. The van der Waals surface area contributed by atoms with Crippen LogP contribution in [-0.2, 0) is 36.9 Å². The van der Waals surface area contributed by atoms with Crippen molar-refractivity contribution in [1.29, 1.82) is 0 Å². The number of aromatic nitrogens is 3. The van der Waals surface area contributed by atoms with Crippen LogP contribution < -0.4 is 13.7 Å². The summed E-state index contributed by atoms with van der Waals surface area (Å²) in [4.78, 5) is 0. The first-order valence-electron chi connectivity index (χ1n) is 33.8. The fourth-order valence-corrected chi connectivity index (χ4v) is 14.4. The number of nitrogens with zero attached hydrogens (tertiary/aromatic N) is 3. The molecule has 1 aliphatic heterocycles. The zero-order chi connectivity index (χ0) is 66.1. The molecular weight excluding hydrogens is 1150 g/mol. The molecule has 0 aliphatic carbocycles. The van der Waals surface area contributed by atoms with Crippen LogP contribution in [0, 0.1) is 13.8 Å². The highest BCUT2D eigenvalue weighted by molar-refractivity contribution is 6.01. The van der Waals surface area contributed by atoms with Gasteiger partial charge in [0.15, 0.2) is 25.1 Å². The molecule has 0 saturated heterocycles. The second kappa shape index (κ2) is 24.5. The van der Waals surface area contributed by atoms with Crippen molar-refractivity contribution >= 4 is 0 Å². The Hall–Kier alpha value is -10.4. The van der Waals surface area contributed by atoms with E-state index >= 15 is 0 Å². The van der Waals surface area contributed by atoms with Gasteiger partial charge in [0.25, 0.3) is 0 Å². The van der Waals surface area contributed by atoms with Crippen molar-refractivity contribution in [1.82, 2.24) is 0 Å². The van der Waals surface area contributed by atoms with Crippen LogP contribution in [0.3, 0.4) is 0 Å².